The molecular weight excluding hydrogens is 297 g/mol. The molecule has 0 aliphatic carbocycles. The van der Waals surface area contributed by atoms with E-state index in [0.717, 1.165) is 18.4 Å². The number of nitrogens with two attached hydrogens (primary N) is 1. The lowest BCUT2D eigenvalue weighted by molar-refractivity contribution is 0.0684. The minimum atomic E-state index is -0.486. The molecule has 1 heterocycles. The van der Waals surface area contributed by atoms with E-state index in [9.17, 15) is 4.39 Å². The molecule has 2 N–H and O–H groups in total. The van der Waals surface area contributed by atoms with Gasteiger partial charge in [0.05, 0.1) is 29.3 Å². The molecule has 0 saturated heterocycles. The van der Waals surface area contributed by atoms with E-state index in [1.165, 1.54) is 6.07 Å². The fourth-order valence-electron chi connectivity index (χ4n) is 2.09. The highest BCUT2D eigenvalue weighted by molar-refractivity contribution is 6.31. The van der Waals surface area contributed by atoms with Crippen molar-refractivity contribution in [3.63, 3.8) is 0 Å². The zero-order valence-corrected chi connectivity index (χ0v) is 12.7. The third-order valence-electron chi connectivity index (χ3n) is 3.17. The number of anilines is 1. The van der Waals surface area contributed by atoms with Gasteiger partial charge >= 0.3 is 0 Å². The molecule has 0 saturated carbocycles. The van der Waals surface area contributed by atoms with Crippen LogP contribution in [0.1, 0.15) is 12.8 Å². The van der Waals surface area contributed by atoms with Gasteiger partial charge in [0, 0.05) is 26.3 Å². The highest BCUT2D eigenvalue weighted by atomic mass is 35.5. The molecule has 0 amide bonds. The number of nitrogen functional groups attached to an aromatic ring is 1. The van der Waals surface area contributed by atoms with Gasteiger partial charge in [-0.05, 0) is 18.9 Å². The van der Waals surface area contributed by atoms with Gasteiger partial charge in [0.1, 0.15) is 5.82 Å². The van der Waals surface area contributed by atoms with Gasteiger partial charge in [-0.25, -0.2) is 9.37 Å². The number of fused-ring (bicyclic) bond motifs is 1. The van der Waals surface area contributed by atoms with Crippen LogP contribution in [0.5, 0.6) is 0 Å². The van der Waals surface area contributed by atoms with Crippen LogP contribution < -0.4 is 5.73 Å². The van der Waals surface area contributed by atoms with E-state index in [-0.39, 0.29) is 5.02 Å². The number of nitrogens with zero attached hydrogens (tertiary/aromatic N) is 2. The third kappa shape index (κ3) is 4.06. The van der Waals surface area contributed by atoms with E-state index < -0.39 is 5.82 Å². The fraction of sp³-hybridized carbons (Fsp3) is 0.500. The Bertz CT molecular complexity index is 603. The quantitative estimate of drug-likeness (QED) is 0.761. The van der Waals surface area contributed by atoms with Gasteiger partial charge in [0.2, 0.25) is 5.95 Å². The van der Waals surface area contributed by atoms with Crippen molar-refractivity contribution >= 4 is 28.6 Å². The van der Waals surface area contributed by atoms with Crippen LogP contribution in [0.4, 0.5) is 10.3 Å². The van der Waals surface area contributed by atoms with E-state index in [1.807, 2.05) is 4.57 Å². The van der Waals surface area contributed by atoms with Crippen LogP contribution in [0.3, 0.4) is 0 Å². The van der Waals surface area contributed by atoms with Crippen molar-refractivity contribution in [2.24, 2.45) is 0 Å². The Kier molecular flexibility index (Phi) is 5.78. The number of halogens is 2. The molecule has 2 rings (SSSR count). The largest absolute Gasteiger partial charge is 0.382 e. The van der Waals surface area contributed by atoms with Crippen LogP contribution in [0, 0.1) is 5.82 Å². The molecule has 0 radical (unpaired) electrons. The predicted molar refractivity (Wildman–Crippen MR) is 81.0 cm³/mol. The van der Waals surface area contributed by atoms with E-state index in [1.54, 1.807) is 13.2 Å². The highest BCUT2D eigenvalue weighted by Gasteiger charge is 2.11. The van der Waals surface area contributed by atoms with Crippen molar-refractivity contribution in [2.75, 3.05) is 32.7 Å². The summed E-state index contributed by atoms with van der Waals surface area (Å²) in [5, 5.41) is 0.0755. The van der Waals surface area contributed by atoms with Gasteiger partial charge in [0.25, 0.3) is 0 Å². The number of benzene rings is 1. The summed E-state index contributed by atoms with van der Waals surface area (Å²) in [7, 11) is 1.64. The Morgan fingerprint density at radius 2 is 2.10 bits per heavy atom. The molecule has 0 spiro atoms. The number of rotatable bonds is 8. The maximum atomic E-state index is 13.4. The van der Waals surface area contributed by atoms with E-state index in [2.05, 4.69) is 4.98 Å². The van der Waals surface area contributed by atoms with Gasteiger partial charge in [-0.15, -0.1) is 0 Å². The van der Waals surface area contributed by atoms with Crippen LogP contribution in [-0.4, -0.2) is 36.5 Å². The summed E-state index contributed by atoms with van der Waals surface area (Å²) in [6.45, 7) is 2.56. The zero-order valence-electron chi connectivity index (χ0n) is 11.9. The van der Waals surface area contributed by atoms with Crippen LogP contribution in [0.2, 0.25) is 5.02 Å². The van der Waals surface area contributed by atoms with Gasteiger partial charge in [0.15, 0.2) is 0 Å². The average Bonchev–Trinajstić information content (AvgIpc) is 2.74. The molecule has 1 aromatic heterocycles. The normalized spacial score (nSPS) is 11.4. The first kappa shape index (κ1) is 16.0. The molecule has 21 heavy (non-hydrogen) atoms. The van der Waals surface area contributed by atoms with Crippen molar-refractivity contribution in [3.8, 4) is 0 Å². The number of aryl methyl sites for hydroxylation is 1. The van der Waals surface area contributed by atoms with E-state index in [4.69, 9.17) is 26.8 Å². The minimum absolute atomic E-state index is 0.0755. The van der Waals surface area contributed by atoms with Gasteiger partial charge in [-0.3, -0.25) is 0 Å². The number of hydrogen-bond donors (Lipinski definition) is 1. The fourth-order valence-corrected chi connectivity index (χ4v) is 2.25. The number of ether oxygens (including phenoxy) is 2. The van der Waals surface area contributed by atoms with Crippen molar-refractivity contribution in [1.82, 2.24) is 9.55 Å². The van der Waals surface area contributed by atoms with Gasteiger partial charge < -0.3 is 19.8 Å². The maximum Gasteiger partial charge on any atom is 0.201 e. The monoisotopic (exact) mass is 315 g/mol. The lowest BCUT2D eigenvalue weighted by Crippen LogP contribution is -2.06. The average molecular weight is 316 g/mol. The predicted octanol–water partition coefficient (Wildman–Crippen LogP) is 2.85. The first-order valence-corrected chi connectivity index (χ1v) is 7.18. The van der Waals surface area contributed by atoms with Crippen molar-refractivity contribution in [3.05, 3.63) is 23.0 Å². The standard InChI is InChI=1S/C14H19ClFN3O2/c1-20-6-7-21-5-3-2-4-19-13-8-10(15)11(16)9-12(13)18-14(19)17/h8-9H,2-7H2,1H3,(H2,17,18). The molecule has 0 unspecified atom stereocenters. The molecule has 116 valence electrons. The molecule has 2 aromatic rings. The molecule has 0 atom stereocenters. The number of aromatic nitrogens is 2. The summed E-state index contributed by atoms with van der Waals surface area (Å²) in [4.78, 5) is 4.15. The summed E-state index contributed by atoms with van der Waals surface area (Å²) < 4.78 is 25.5. The Labute approximate surface area is 127 Å². The molecule has 1 aromatic carbocycles. The number of hydrogen-bond acceptors (Lipinski definition) is 4. The summed E-state index contributed by atoms with van der Waals surface area (Å²) in [5.41, 5.74) is 7.14. The summed E-state index contributed by atoms with van der Waals surface area (Å²) in [6.07, 6.45) is 1.79. The third-order valence-corrected chi connectivity index (χ3v) is 3.46. The molecule has 7 heteroatoms. The first-order valence-electron chi connectivity index (χ1n) is 6.81. The lowest BCUT2D eigenvalue weighted by atomic mass is 10.3. The topological polar surface area (TPSA) is 62.3 Å². The van der Waals surface area contributed by atoms with Crippen LogP contribution in [0.25, 0.3) is 11.0 Å². The van der Waals surface area contributed by atoms with Crippen molar-refractivity contribution < 1.29 is 13.9 Å². The maximum absolute atomic E-state index is 13.4. The number of unbranched alkanes of at least 4 members (excludes halogenated alkanes) is 1. The Hall–Kier alpha value is -1.37. The molecule has 0 fully saturated rings. The minimum Gasteiger partial charge on any atom is -0.382 e. The van der Waals surface area contributed by atoms with Gasteiger partial charge in [-0.2, -0.15) is 0 Å². The van der Waals surface area contributed by atoms with Crippen LogP contribution in [-0.2, 0) is 16.0 Å². The van der Waals surface area contributed by atoms with E-state index in [0.29, 0.717) is 37.8 Å². The zero-order chi connectivity index (χ0) is 15.2. The second-order valence-electron chi connectivity index (χ2n) is 4.69. The highest BCUT2D eigenvalue weighted by Crippen LogP contribution is 2.25. The van der Waals surface area contributed by atoms with Crippen LogP contribution in [0.15, 0.2) is 12.1 Å². The summed E-state index contributed by atoms with van der Waals surface area (Å²) >= 11 is 5.81. The van der Waals surface area contributed by atoms with Crippen molar-refractivity contribution in [2.45, 2.75) is 19.4 Å². The first-order chi connectivity index (χ1) is 10.1. The van der Waals surface area contributed by atoms with Crippen LogP contribution >= 0.6 is 11.6 Å². The number of methoxy groups -OCH3 is 1. The SMILES string of the molecule is COCCOCCCCn1c(N)nc2cc(F)c(Cl)cc21. The van der Waals surface area contributed by atoms with E-state index >= 15 is 0 Å². The molecule has 0 aliphatic heterocycles. The lowest BCUT2D eigenvalue weighted by Gasteiger charge is -2.07. The number of imidazole rings is 1. The summed E-state index contributed by atoms with van der Waals surface area (Å²) in [6, 6.07) is 2.86. The Balaban J connectivity index is 1.93. The second kappa shape index (κ2) is 7.59. The van der Waals surface area contributed by atoms with Crippen molar-refractivity contribution in [1.29, 1.82) is 0 Å². The Morgan fingerprint density at radius 1 is 1.29 bits per heavy atom. The smallest absolute Gasteiger partial charge is 0.201 e. The Morgan fingerprint density at radius 3 is 2.86 bits per heavy atom. The molecule has 0 bridgehead atoms. The molecular formula is C14H19ClFN3O2. The summed E-state index contributed by atoms with van der Waals surface area (Å²) in [5.74, 6) is -0.118. The molecule has 0 aliphatic rings. The second-order valence-corrected chi connectivity index (χ2v) is 5.10. The van der Waals surface area contributed by atoms with Gasteiger partial charge in [-0.1, -0.05) is 11.6 Å². The molecule has 5 nitrogen and oxygen atoms in total.